The standard InChI is InChI=1S/C18H23N3O2S/c1-13-19-17(12-24-13)15-6-3-7-16(9-15)20-18(22)21-8-4-5-14(10-21)11-23-2/h3,6-7,9,12,14H,4-5,8,10-11H2,1-2H3,(H,20,22). The third-order valence-electron chi connectivity index (χ3n) is 4.24. The molecule has 0 bridgehead atoms. The number of benzene rings is 1. The predicted molar refractivity (Wildman–Crippen MR) is 97.5 cm³/mol. The van der Waals surface area contributed by atoms with Crippen LogP contribution in [0.3, 0.4) is 0 Å². The molecule has 2 amide bonds. The Balaban J connectivity index is 1.66. The summed E-state index contributed by atoms with van der Waals surface area (Å²) in [5, 5.41) is 6.09. The molecular weight excluding hydrogens is 322 g/mol. The van der Waals surface area contributed by atoms with Crippen LogP contribution >= 0.6 is 11.3 Å². The smallest absolute Gasteiger partial charge is 0.321 e. The first-order valence-corrected chi connectivity index (χ1v) is 9.11. The molecule has 1 saturated heterocycles. The number of methoxy groups -OCH3 is 1. The summed E-state index contributed by atoms with van der Waals surface area (Å²) in [6.45, 7) is 4.26. The van der Waals surface area contributed by atoms with Crippen LogP contribution in [0.1, 0.15) is 17.8 Å². The van der Waals surface area contributed by atoms with Gasteiger partial charge in [-0.2, -0.15) is 0 Å². The lowest BCUT2D eigenvalue weighted by molar-refractivity contribution is 0.104. The Hall–Kier alpha value is -1.92. The monoisotopic (exact) mass is 345 g/mol. The van der Waals surface area contributed by atoms with Crippen molar-refractivity contribution in [2.45, 2.75) is 19.8 Å². The van der Waals surface area contributed by atoms with E-state index in [9.17, 15) is 4.79 Å². The van der Waals surface area contributed by atoms with Crippen molar-refractivity contribution in [1.82, 2.24) is 9.88 Å². The number of aromatic nitrogens is 1. The number of thiazole rings is 1. The largest absolute Gasteiger partial charge is 0.384 e. The Morgan fingerprint density at radius 1 is 1.50 bits per heavy atom. The van der Waals surface area contributed by atoms with Crippen molar-refractivity contribution in [3.05, 3.63) is 34.7 Å². The van der Waals surface area contributed by atoms with Crippen LogP contribution in [0.4, 0.5) is 10.5 Å². The van der Waals surface area contributed by atoms with Crippen LogP contribution in [-0.2, 0) is 4.74 Å². The molecule has 5 nitrogen and oxygen atoms in total. The minimum Gasteiger partial charge on any atom is -0.384 e. The highest BCUT2D eigenvalue weighted by Crippen LogP contribution is 2.25. The molecule has 2 heterocycles. The van der Waals surface area contributed by atoms with E-state index in [1.54, 1.807) is 18.4 Å². The highest BCUT2D eigenvalue weighted by molar-refractivity contribution is 7.09. The van der Waals surface area contributed by atoms with E-state index in [1.165, 1.54) is 0 Å². The molecule has 1 aliphatic heterocycles. The van der Waals surface area contributed by atoms with Gasteiger partial charge in [-0.3, -0.25) is 0 Å². The van der Waals surface area contributed by atoms with Gasteiger partial charge in [0.05, 0.1) is 17.3 Å². The van der Waals surface area contributed by atoms with Gasteiger partial charge >= 0.3 is 6.03 Å². The number of hydrogen-bond acceptors (Lipinski definition) is 4. The molecule has 0 saturated carbocycles. The lowest BCUT2D eigenvalue weighted by Gasteiger charge is -2.32. The third kappa shape index (κ3) is 4.13. The zero-order valence-electron chi connectivity index (χ0n) is 14.1. The number of nitrogens with one attached hydrogen (secondary N) is 1. The van der Waals surface area contributed by atoms with Crippen LogP contribution in [-0.4, -0.2) is 42.7 Å². The number of aryl methyl sites for hydroxylation is 1. The normalized spacial score (nSPS) is 17.8. The lowest BCUT2D eigenvalue weighted by atomic mass is 9.99. The lowest BCUT2D eigenvalue weighted by Crippen LogP contribution is -2.43. The van der Waals surface area contributed by atoms with Crippen molar-refractivity contribution in [1.29, 1.82) is 0 Å². The molecular formula is C18H23N3O2S. The number of carbonyl (C=O) groups is 1. The van der Waals surface area contributed by atoms with Gasteiger partial charge in [0.1, 0.15) is 0 Å². The highest BCUT2D eigenvalue weighted by atomic mass is 32.1. The molecule has 128 valence electrons. The molecule has 1 aromatic carbocycles. The van der Waals surface area contributed by atoms with Crippen LogP contribution in [0, 0.1) is 12.8 Å². The average molecular weight is 345 g/mol. The maximum Gasteiger partial charge on any atom is 0.321 e. The van der Waals surface area contributed by atoms with Crippen LogP contribution < -0.4 is 5.32 Å². The van der Waals surface area contributed by atoms with Crippen molar-refractivity contribution in [3.63, 3.8) is 0 Å². The van der Waals surface area contributed by atoms with E-state index < -0.39 is 0 Å². The molecule has 1 aliphatic rings. The van der Waals surface area contributed by atoms with Crippen molar-refractivity contribution >= 4 is 23.1 Å². The maximum absolute atomic E-state index is 12.5. The summed E-state index contributed by atoms with van der Waals surface area (Å²) in [6, 6.07) is 7.81. The maximum atomic E-state index is 12.5. The van der Waals surface area contributed by atoms with Gasteiger partial charge in [-0.25, -0.2) is 9.78 Å². The second-order valence-corrected chi connectivity index (χ2v) is 7.23. The van der Waals surface area contributed by atoms with E-state index in [0.717, 1.165) is 47.9 Å². The van der Waals surface area contributed by atoms with Crippen molar-refractivity contribution < 1.29 is 9.53 Å². The molecule has 1 N–H and O–H groups in total. The Morgan fingerprint density at radius 2 is 2.38 bits per heavy atom. The number of ether oxygens (including phenoxy) is 1. The topological polar surface area (TPSA) is 54.5 Å². The first-order valence-electron chi connectivity index (χ1n) is 8.23. The number of anilines is 1. The van der Waals surface area contributed by atoms with Crippen molar-refractivity contribution in [2.24, 2.45) is 5.92 Å². The second-order valence-electron chi connectivity index (χ2n) is 6.17. The van der Waals surface area contributed by atoms with E-state index in [0.29, 0.717) is 12.5 Å². The zero-order chi connectivity index (χ0) is 16.9. The molecule has 3 rings (SSSR count). The molecule has 1 aromatic heterocycles. The molecule has 1 unspecified atom stereocenters. The van der Waals surface area contributed by atoms with E-state index in [-0.39, 0.29) is 6.03 Å². The summed E-state index contributed by atoms with van der Waals surface area (Å²) in [7, 11) is 1.71. The van der Waals surface area contributed by atoms with Crippen molar-refractivity contribution in [3.8, 4) is 11.3 Å². The Bertz CT molecular complexity index is 699. The minimum atomic E-state index is -0.0394. The predicted octanol–water partition coefficient (Wildman–Crippen LogP) is 4.01. The quantitative estimate of drug-likeness (QED) is 0.911. The number of carbonyl (C=O) groups excluding carboxylic acids is 1. The average Bonchev–Trinajstić information content (AvgIpc) is 3.02. The number of nitrogens with zero attached hydrogens (tertiary/aromatic N) is 2. The number of hydrogen-bond donors (Lipinski definition) is 1. The molecule has 0 spiro atoms. The Morgan fingerprint density at radius 3 is 3.12 bits per heavy atom. The number of likely N-dealkylation sites (tertiary alicyclic amines) is 1. The van der Waals surface area contributed by atoms with Crippen molar-refractivity contribution in [2.75, 3.05) is 32.1 Å². The Kier molecular flexibility index (Phi) is 5.48. The summed E-state index contributed by atoms with van der Waals surface area (Å²) in [6.07, 6.45) is 2.15. The van der Waals surface area contributed by atoms with Gasteiger partial charge in [-0.15, -0.1) is 11.3 Å². The fraction of sp³-hybridized carbons (Fsp3) is 0.444. The molecule has 24 heavy (non-hydrogen) atoms. The number of amides is 2. The van der Waals surface area contributed by atoms with Crippen LogP contribution in [0.2, 0.25) is 0 Å². The summed E-state index contributed by atoms with van der Waals surface area (Å²) >= 11 is 1.63. The first kappa shape index (κ1) is 16.9. The Labute approximate surface area is 146 Å². The zero-order valence-corrected chi connectivity index (χ0v) is 14.9. The van der Waals surface area contributed by atoms with Gasteiger partial charge in [-0.1, -0.05) is 12.1 Å². The van der Waals surface area contributed by atoms with Gasteiger partial charge < -0.3 is 15.0 Å². The van der Waals surface area contributed by atoms with Crippen LogP contribution in [0.15, 0.2) is 29.6 Å². The number of urea groups is 1. The molecule has 6 heteroatoms. The molecule has 0 radical (unpaired) electrons. The number of rotatable bonds is 4. The fourth-order valence-electron chi connectivity index (χ4n) is 3.08. The molecule has 1 fully saturated rings. The van der Waals surface area contributed by atoms with E-state index in [2.05, 4.69) is 10.3 Å². The van der Waals surface area contributed by atoms with Gasteiger partial charge in [-0.05, 0) is 31.9 Å². The van der Waals surface area contributed by atoms with E-state index in [1.807, 2.05) is 41.5 Å². The van der Waals surface area contributed by atoms with Gasteiger partial charge in [0, 0.05) is 42.7 Å². The van der Waals surface area contributed by atoms with E-state index >= 15 is 0 Å². The second kappa shape index (κ2) is 7.77. The summed E-state index contributed by atoms with van der Waals surface area (Å²) in [4.78, 5) is 18.9. The summed E-state index contributed by atoms with van der Waals surface area (Å²) < 4.78 is 5.23. The highest BCUT2D eigenvalue weighted by Gasteiger charge is 2.23. The molecule has 0 aliphatic carbocycles. The summed E-state index contributed by atoms with van der Waals surface area (Å²) in [5.74, 6) is 0.429. The van der Waals surface area contributed by atoms with Gasteiger partial charge in [0.25, 0.3) is 0 Å². The van der Waals surface area contributed by atoms with Crippen LogP contribution in [0.5, 0.6) is 0 Å². The SMILES string of the molecule is COCC1CCCN(C(=O)Nc2cccc(-c3csc(C)n3)c2)C1. The van der Waals surface area contributed by atoms with Crippen LogP contribution in [0.25, 0.3) is 11.3 Å². The summed E-state index contributed by atoms with van der Waals surface area (Å²) in [5.41, 5.74) is 2.77. The van der Waals surface area contributed by atoms with E-state index in [4.69, 9.17) is 4.74 Å². The third-order valence-corrected chi connectivity index (χ3v) is 5.01. The molecule has 2 aromatic rings. The first-order chi connectivity index (χ1) is 11.7. The minimum absolute atomic E-state index is 0.0394. The van der Waals surface area contributed by atoms with Gasteiger partial charge in [0.2, 0.25) is 0 Å². The molecule has 1 atom stereocenters. The number of piperidine rings is 1. The fourth-order valence-corrected chi connectivity index (χ4v) is 3.70. The van der Waals surface area contributed by atoms with Gasteiger partial charge in [0.15, 0.2) is 0 Å².